The number of rotatable bonds is 7. The topological polar surface area (TPSA) is 148 Å². The smallest absolute Gasteiger partial charge is 0.310 e. The van der Waals surface area contributed by atoms with Crippen LogP contribution in [0.15, 0.2) is 47.5 Å². The summed E-state index contributed by atoms with van der Waals surface area (Å²) in [4.78, 5) is 33.2. The van der Waals surface area contributed by atoms with Crippen molar-refractivity contribution in [2.45, 2.75) is 47.6 Å². The Balaban J connectivity index is 2.27. The minimum Gasteiger partial charge on any atom is -0.485 e. The van der Waals surface area contributed by atoms with Gasteiger partial charge in [0, 0.05) is 0 Å². The van der Waals surface area contributed by atoms with Gasteiger partial charge in [-0.2, -0.15) is 0 Å². The Labute approximate surface area is 201 Å². The number of aryl methyl sites for hydroxylation is 6. The predicted octanol–water partition coefficient (Wildman–Crippen LogP) is 4.83. The highest BCUT2D eigenvalue weighted by molar-refractivity contribution is 5.48. The van der Waals surface area contributed by atoms with Crippen LogP contribution in [0.25, 0.3) is 0 Å². The Morgan fingerprint density at radius 2 is 1.20 bits per heavy atom. The van der Waals surface area contributed by atoms with Crippen molar-refractivity contribution in [1.29, 1.82) is 0 Å². The largest absolute Gasteiger partial charge is 0.485 e. The van der Waals surface area contributed by atoms with Gasteiger partial charge in [-0.3, -0.25) is 30.3 Å². The maximum absolute atomic E-state index is 12.2. The third-order valence-electron chi connectivity index (χ3n) is 5.52. The van der Waals surface area contributed by atoms with E-state index >= 15 is 0 Å². The van der Waals surface area contributed by atoms with Crippen molar-refractivity contribution in [3.05, 3.63) is 117 Å². The zero-order valence-electron chi connectivity index (χ0n) is 20.1. The summed E-state index contributed by atoms with van der Waals surface area (Å²) in [7, 11) is 0. The van der Waals surface area contributed by atoms with Crippen LogP contribution in [-0.4, -0.2) is 20.9 Å². The van der Waals surface area contributed by atoms with Gasteiger partial charge in [0.15, 0.2) is 17.5 Å². The molecular formula is C24H24N3O8-. The van der Waals surface area contributed by atoms with E-state index in [9.17, 15) is 30.3 Å². The van der Waals surface area contributed by atoms with E-state index in [2.05, 4.69) is 0 Å². The summed E-state index contributed by atoms with van der Waals surface area (Å²) in [5.41, 5.74) is 2.36. The van der Waals surface area contributed by atoms with Crippen LogP contribution in [0.4, 0.5) is 0 Å². The Bertz CT molecular complexity index is 1270. The second kappa shape index (κ2) is 9.45. The molecule has 1 aliphatic rings. The van der Waals surface area contributed by atoms with Crippen LogP contribution in [0.1, 0.15) is 33.4 Å². The van der Waals surface area contributed by atoms with E-state index in [0.717, 1.165) is 11.1 Å². The van der Waals surface area contributed by atoms with Crippen molar-refractivity contribution in [2.75, 3.05) is 0 Å². The van der Waals surface area contributed by atoms with Gasteiger partial charge in [0.25, 0.3) is 0 Å². The van der Waals surface area contributed by atoms with E-state index in [-0.39, 0.29) is 11.5 Å². The third-order valence-corrected chi connectivity index (χ3v) is 5.52. The van der Waals surface area contributed by atoms with Crippen LogP contribution >= 0.6 is 0 Å². The van der Waals surface area contributed by atoms with Crippen LogP contribution in [0.3, 0.4) is 0 Å². The molecular weight excluding hydrogens is 458 g/mol. The number of benzene rings is 2. The Morgan fingerprint density at radius 3 is 1.60 bits per heavy atom. The van der Waals surface area contributed by atoms with Gasteiger partial charge in [-0.15, -0.1) is 0 Å². The van der Waals surface area contributed by atoms with Gasteiger partial charge in [-0.1, -0.05) is 41.5 Å². The van der Waals surface area contributed by atoms with Gasteiger partial charge >= 0.3 is 5.70 Å². The highest BCUT2D eigenvalue weighted by Gasteiger charge is 2.46. The maximum atomic E-state index is 12.2. The van der Waals surface area contributed by atoms with E-state index in [1.54, 1.807) is 52.0 Å². The van der Waals surface area contributed by atoms with Crippen molar-refractivity contribution in [2.24, 2.45) is 0 Å². The molecule has 1 unspecified atom stereocenters. The lowest BCUT2D eigenvalue weighted by Gasteiger charge is -2.30. The molecule has 2 aromatic carbocycles. The fraction of sp³-hybridized carbons (Fsp3) is 0.292. The minimum absolute atomic E-state index is 0.184. The summed E-state index contributed by atoms with van der Waals surface area (Å²) in [6.45, 7) is 10.5. The minimum atomic E-state index is -1.86. The zero-order valence-corrected chi connectivity index (χ0v) is 20.1. The van der Waals surface area contributed by atoms with E-state index < -0.39 is 44.1 Å². The monoisotopic (exact) mass is 482 g/mol. The average molecular weight is 482 g/mol. The first-order valence-electron chi connectivity index (χ1n) is 10.6. The van der Waals surface area contributed by atoms with Crippen molar-refractivity contribution in [3.63, 3.8) is 0 Å². The van der Waals surface area contributed by atoms with Crippen molar-refractivity contribution >= 4 is 0 Å². The molecule has 3 rings (SSSR count). The Kier molecular flexibility index (Phi) is 6.81. The fourth-order valence-corrected chi connectivity index (χ4v) is 4.26. The van der Waals surface area contributed by atoms with E-state index in [1.807, 2.05) is 13.8 Å². The van der Waals surface area contributed by atoms with Gasteiger partial charge < -0.3 is 9.47 Å². The first-order valence-corrected chi connectivity index (χ1v) is 10.6. The van der Waals surface area contributed by atoms with Crippen LogP contribution < -0.4 is 9.47 Å². The fourth-order valence-electron chi connectivity index (χ4n) is 4.26. The molecule has 1 aliphatic carbocycles. The highest BCUT2D eigenvalue weighted by atomic mass is 16.7. The maximum Gasteiger partial charge on any atom is 0.310 e. The van der Waals surface area contributed by atoms with Crippen molar-refractivity contribution in [3.8, 4) is 11.5 Å². The summed E-state index contributed by atoms with van der Waals surface area (Å²) in [5, 5.41) is 36.0. The lowest BCUT2D eigenvalue weighted by Crippen LogP contribution is -2.40. The highest BCUT2D eigenvalue weighted by Crippen LogP contribution is 2.39. The number of hydrogen-bond acceptors (Lipinski definition) is 8. The summed E-state index contributed by atoms with van der Waals surface area (Å²) >= 11 is 0. The molecule has 0 aliphatic heterocycles. The molecule has 184 valence electrons. The third kappa shape index (κ3) is 4.93. The lowest BCUT2D eigenvalue weighted by molar-refractivity contribution is -0.491. The molecule has 0 N–H and O–H groups in total. The summed E-state index contributed by atoms with van der Waals surface area (Å²) < 4.78 is 11.7. The SMILES string of the molecule is Cc1cc(C)c(OC2=C([N+](=O)[O-])C(Oc3c(C)cc(C)cc3C)[C-]([N+](=O)[O-])C=C2[N+](=O)[O-])c(C)c1. The van der Waals surface area contributed by atoms with Gasteiger partial charge in [0.05, 0.1) is 4.92 Å². The van der Waals surface area contributed by atoms with E-state index in [0.29, 0.717) is 28.3 Å². The molecule has 0 aromatic heterocycles. The summed E-state index contributed by atoms with van der Waals surface area (Å²) in [6, 6.07) is 6.21. The molecule has 0 amide bonds. The summed E-state index contributed by atoms with van der Waals surface area (Å²) in [6.07, 6.45) is -1.20. The first-order chi connectivity index (χ1) is 16.3. The summed E-state index contributed by atoms with van der Waals surface area (Å²) in [5.74, 6) is -0.323. The molecule has 0 fully saturated rings. The quantitative estimate of drug-likeness (QED) is 0.309. The molecule has 0 saturated heterocycles. The average Bonchev–Trinajstić information content (AvgIpc) is 2.72. The molecule has 1 atom stereocenters. The van der Waals surface area contributed by atoms with Crippen molar-refractivity contribution in [1.82, 2.24) is 0 Å². The number of nitro groups is 3. The van der Waals surface area contributed by atoms with Crippen LogP contribution in [0.2, 0.25) is 0 Å². The molecule has 0 radical (unpaired) electrons. The normalized spacial score (nSPS) is 15.5. The Hall–Kier alpha value is -4.41. The van der Waals surface area contributed by atoms with Gasteiger partial charge in [-0.05, 0) is 73.6 Å². The first kappa shape index (κ1) is 25.2. The molecule has 0 saturated carbocycles. The second-order valence-corrected chi connectivity index (χ2v) is 8.50. The molecule has 11 heteroatoms. The van der Waals surface area contributed by atoms with E-state index in [1.165, 1.54) is 0 Å². The lowest BCUT2D eigenvalue weighted by atomic mass is 9.98. The number of hydrogen-bond donors (Lipinski definition) is 0. The molecule has 0 heterocycles. The molecule has 2 aromatic rings. The zero-order chi connectivity index (χ0) is 26.2. The predicted molar refractivity (Wildman–Crippen MR) is 126 cm³/mol. The second-order valence-electron chi connectivity index (χ2n) is 8.50. The van der Waals surface area contributed by atoms with Crippen LogP contribution in [-0.2, 0) is 0 Å². The standard InChI is InChI=1S/C24H24N3O8/c1-12-7-14(3)21(15(4)8-12)34-23-18(25(28)29)11-19(26(30)31)24(20(23)27(32)33)35-22-16(5)9-13(2)10-17(22)6/h7-11,23H,1-6H3/q-1. The van der Waals surface area contributed by atoms with Gasteiger partial charge in [0.2, 0.25) is 6.10 Å². The number of ether oxygens (including phenoxy) is 2. The molecule has 35 heavy (non-hydrogen) atoms. The van der Waals surface area contributed by atoms with Crippen LogP contribution in [0.5, 0.6) is 11.5 Å². The van der Waals surface area contributed by atoms with E-state index in [4.69, 9.17) is 9.47 Å². The Morgan fingerprint density at radius 1 is 0.743 bits per heavy atom. The molecule has 11 nitrogen and oxygen atoms in total. The molecule has 0 bridgehead atoms. The van der Waals surface area contributed by atoms with Gasteiger partial charge in [-0.25, -0.2) is 0 Å². The van der Waals surface area contributed by atoms with Crippen molar-refractivity contribution < 1.29 is 24.2 Å². The van der Waals surface area contributed by atoms with Crippen LogP contribution in [0, 0.1) is 77.9 Å². The number of nitrogens with zero attached hydrogens (tertiary/aromatic N) is 3. The van der Waals surface area contributed by atoms with Gasteiger partial charge in [0.1, 0.15) is 11.5 Å². The molecule has 0 spiro atoms.